The molecule has 1 aromatic carbocycles. The predicted octanol–water partition coefficient (Wildman–Crippen LogP) is 7.37. The molecule has 0 aliphatic rings. The lowest BCUT2D eigenvalue weighted by Gasteiger charge is -2.21. The van der Waals surface area contributed by atoms with E-state index in [4.69, 9.17) is 9.47 Å². The standard InChI is InChI=1S/C29H47N3O3.C3H6O2/c1-6-9-11-12-14-22(8-3)21-30-29-25(15-10-7-2)24(16-13-19-34-4)28(31-32-29)26-18-17-23(35-5)20-27(26)33;1-2-5-3-4/h17-18,20,22,33H,6-16,19,21H2,1-5H3,(H,30,32);3H,2H2,1H3. The van der Waals surface area contributed by atoms with Gasteiger partial charge >= 0.3 is 0 Å². The molecule has 1 unspecified atom stereocenters. The van der Waals surface area contributed by atoms with Crippen LogP contribution in [-0.4, -0.2) is 55.8 Å². The van der Waals surface area contributed by atoms with Gasteiger partial charge in [0.25, 0.3) is 6.47 Å². The average molecular weight is 560 g/mol. The molecule has 8 heteroatoms. The van der Waals surface area contributed by atoms with Crippen molar-refractivity contribution in [3.8, 4) is 22.8 Å². The zero-order chi connectivity index (χ0) is 29.6. The zero-order valence-corrected chi connectivity index (χ0v) is 25.8. The van der Waals surface area contributed by atoms with Crippen LogP contribution in [0, 0.1) is 5.92 Å². The second kappa shape index (κ2) is 21.9. The third-order valence-electron chi connectivity index (χ3n) is 7.04. The highest BCUT2D eigenvalue weighted by Crippen LogP contribution is 2.36. The lowest BCUT2D eigenvalue weighted by atomic mass is 9.94. The number of benzene rings is 1. The molecule has 0 aliphatic carbocycles. The molecule has 0 saturated heterocycles. The maximum Gasteiger partial charge on any atom is 0.293 e. The first-order chi connectivity index (χ1) is 19.5. The van der Waals surface area contributed by atoms with Crippen molar-refractivity contribution >= 4 is 12.3 Å². The number of nitrogens with zero attached hydrogens (tertiary/aromatic N) is 2. The summed E-state index contributed by atoms with van der Waals surface area (Å²) in [6, 6.07) is 5.37. The Kier molecular flexibility index (Phi) is 19.2. The Morgan fingerprint density at radius 2 is 1.70 bits per heavy atom. The molecule has 2 rings (SSSR count). The van der Waals surface area contributed by atoms with E-state index < -0.39 is 0 Å². The summed E-state index contributed by atoms with van der Waals surface area (Å²) in [7, 11) is 3.33. The summed E-state index contributed by atoms with van der Waals surface area (Å²) < 4.78 is 14.8. The van der Waals surface area contributed by atoms with E-state index in [1.54, 1.807) is 27.2 Å². The fourth-order valence-corrected chi connectivity index (χ4v) is 4.61. The van der Waals surface area contributed by atoms with E-state index in [-0.39, 0.29) is 5.75 Å². The number of phenols is 1. The number of carbonyl (C=O) groups excluding carboxylic acids is 1. The van der Waals surface area contributed by atoms with Crippen LogP contribution in [0.2, 0.25) is 0 Å². The number of unbranched alkanes of at least 4 members (excludes halogenated alkanes) is 4. The van der Waals surface area contributed by atoms with Crippen molar-refractivity contribution in [3.05, 3.63) is 29.3 Å². The van der Waals surface area contributed by atoms with E-state index in [0.29, 0.717) is 36.9 Å². The Morgan fingerprint density at radius 3 is 2.27 bits per heavy atom. The number of hydrogen-bond acceptors (Lipinski definition) is 8. The normalized spacial score (nSPS) is 11.3. The van der Waals surface area contributed by atoms with Crippen LogP contribution in [0.4, 0.5) is 5.82 Å². The van der Waals surface area contributed by atoms with Gasteiger partial charge in [-0.15, -0.1) is 10.2 Å². The first kappa shape index (κ1) is 35.2. The second-order valence-corrected chi connectivity index (χ2v) is 9.99. The van der Waals surface area contributed by atoms with E-state index >= 15 is 0 Å². The smallest absolute Gasteiger partial charge is 0.293 e. The summed E-state index contributed by atoms with van der Waals surface area (Å²) in [5.74, 6) is 2.31. The topological polar surface area (TPSA) is 103 Å². The highest BCUT2D eigenvalue weighted by Gasteiger charge is 2.20. The molecule has 2 aromatic rings. The van der Waals surface area contributed by atoms with Gasteiger partial charge in [0, 0.05) is 37.5 Å². The lowest BCUT2D eigenvalue weighted by Crippen LogP contribution is -2.18. The number of nitrogens with one attached hydrogen (secondary N) is 1. The minimum absolute atomic E-state index is 0.159. The molecular formula is C32H53N3O5. The monoisotopic (exact) mass is 559 g/mol. The van der Waals surface area contributed by atoms with Gasteiger partial charge in [-0.3, -0.25) is 4.79 Å². The molecule has 0 fully saturated rings. The van der Waals surface area contributed by atoms with Gasteiger partial charge in [-0.1, -0.05) is 59.3 Å². The summed E-state index contributed by atoms with van der Waals surface area (Å²) >= 11 is 0. The van der Waals surface area contributed by atoms with E-state index in [1.807, 2.05) is 12.1 Å². The number of rotatable bonds is 20. The van der Waals surface area contributed by atoms with Crippen molar-refractivity contribution in [1.82, 2.24) is 10.2 Å². The largest absolute Gasteiger partial charge is 0.507 e. The van der Waals surface area contributed by atoms with Gasteiger partial charge in [0.2, 0.25) is 0 Å². The quantitative estimate of drug-likeness (QED) is 0.128. The van der Waals surface area contributed by atoms with Crippen LogP contribution in [0.15, 0.2) is 18.2 Å². The summed E-state index contributed by atoms with van der Waals surface area (Å²) in [4.78, 5) is 9.18. The van der Waals surface area contributed by atoms with E-state index in [0.717, 1.165) is 62.1 Å². The van der Waals surface area contributed by atoms with Crippen molar-refractivity contribution in [3.63, 3.8) is 0 Å². The van der Waals surface area contributed by atoms with Crippen LogP contribution in [0.5, 0.6) is 11.5 Å². The fourth-order valence-electron chi connectivity index (χ4n) is 4.61. The molecule has 2 N–H and O–H groups in total. The molecule has 1 aromatic heterocycles. The van der Waals surface area contributed by atoms with Crippen LogP contribution < -0.4 is 10.1 Å². The summed E-state index contributed by atoms with van der Waals surface area (Å²) in [6.45, 7) is 11.0. The number of aromatic nitrogens is 2. The molecule has 0 aliphatic heterocycles. The number of hydrogen-bond donors (Lipinski definition) is 2. The van der Waals surface area contributed by atoms with Gasteiger partial charge in [0.15, 0.2) is 5.82 Å². The molecule has 0 amide bonds. The van der Waals surface area contributed by atoms with Gasteiger partial charge < -0.3 is 24.6 Å². The van der Waals surface area contributed by atoms with Gasteiger partial charge in [-0.05, 0) is 62.6 Å². The highest BCUT2D eigenvalue weighted by molar-refractivity contribution is 5.73. The van der Waals surface area contributed by atoms with E-state index in [9.17, 15) is 9.90 Å². The molecule has 1 heterocycles. The Balaban J connectivity index is 0.00000146. The molecule has 0 spiro atoms. The Labute approximate surface area is 242 Å². The number of methoxy groups -OCH3 is 2. The number of anilines is 1. The van der Waals surface area contributed by atoms with Crippen molar-refractivity contribution in [2.75, 3.05) is 39.3 Å². The molecule has 1 atom stereocenters. The number of aromatic hydroxyl groups is 1. The highest BCUT2D eigenvalue weighted by atomic mass is 16.5. The van der Waals surface area contributed by atoms with Crippen LogP contribution in [0.1, 0.15) is 96.6 Å². The summed E-state index contributed by atoms with van der Waals surface area (Å²) in [5.41, 5.74) is 3.83. The second-order valence-electron chi connectivity index (χ2n) is 9.99. The molecule has 8 nitrogen and oxygen atoms in total. The Hall–Kier alpha value is -2.87. The van der Waals surface area contributed by atoms with Crippen molar-refractivity contribution in [2.45, 2.75) is 98.3 Å². The van der Waals surface area contributed by atoms with Crippen LogP contribution in [0.25, 0.3) is 11.3 Å². The average Bonchev–Trinajstić information content (AvgIpc) is 2.97. The maximum absolute atomic E-state index is 10.7. The predicted molar refractivity (Wildman–Crippen MR) is 163 cm³/mol. The van der Waals surface area contributed by atoms with Crippen LogP contribution in [0.3, 0.4) is 0 Å². The van der Waals surface area contributed by atoms with E-state index in [1.165, 1.54) is 37.7 Å². The molecule has 0 bridgehead atoms. The Bertz CT molecular complexity index is 954. The van der Waals surface area contributed by atoms with E-state index in [2.05, 4.69) is 41.0 Å². The first-order valence-corrected chi connectivity index (χ1v) is 15.0. The van der Waals surface area contributed by atoms with Gasteiger partial charge in [0.05, 0.1) is 13.7 Å². The molecule has 0 saturated carbocycles. The van der Waals surface area contributed by atoms with Gasteiger partial charge in [0.1, 0.15) is 17.2 Å². The van der Waals surface area contributed by atoms with Crippen LogP contribution in [-0.2, 0) is 27.1 Å². The zero-order valence-electron chi connectivity index (χ0n) is 25.8. The molecule has 226 valence electrons. The minimum atomic E-state index is 0.159. The minimum Gasteiger partial charge on any atom is -0.507 e. The van der Waals surface area contributed by atoms with Gasteiger partial charge in [-0.2, -0.15) is 0 Å². The molecule has 0 radical (unpaired) electrons. The molecular weight excluding hydrogens is 506 g/mol. The number of phenolic OH excluding ortho intramolecular Hbond substituents is 1. The summed E-state index contributed by atoms with van der Waals surface area (Å²) in [6.07, 6.45) is 12.5. The summed E-state index contributed by atoms with van der Waals surface area (Å²) in [5, 5.41) is 23.7. The number of ether oxygens (including phenoxy) is 3. The lowest BCUT2D eigenvalue weighted by molar-refractivity contribution is -0.128. The van der Waals surface area contributed by atoms with Crippen molar-refractivity contribution in [1.29, 1.82) is 0 Å². The van der Waals surface area contributed by atoms with Crippen molar-refractivity contribution in [2.24, 2.45) is 5.92 Å². The van der Waals surface area contributed by atoms with Crippen molar-refractivity contribution < 1.29 is 24.1 Å². The Morgan fingerprint density at radius 1 is 0.950 bits per heavy atom. The SMILES string of the molecule is CCCCCCC(CC)CNc1nnc(-c2ccc(OC)cc2O)c(CCCOC)c1CCCC.CCOC=O. The third kappa shape index (κ3) is 12.5. The molecule has 40 heavy (non-hydrogen) atoms. The number of carbonyl (C=O) groups is 1. The fraction of sp³-hybridized carbons (Fsp3) is 0.656. The van der Waals surface area contributed by atoms with Gasteiger partial charge in [-0.25, -0.2) is 0 Å². The first-order valence-electron chi connectivity index (χ1n) is 15.0. The van der Waals surface area contributed by atoms with Crippen LogP contribution >= 0.6 is 0 Å². The maximum atomic E-state index is 10.7. The third-order valence-corrected chi connectivity index (χ3v) is 7.04.